The summed E-state index contributed by atoms with van der Waals surface area (Å²) < 4.78 is 11.0. The van der Waals surface area contributed by atoms with Crippen molar-refractivity contribution in [2.24, 2.45) is 0 Å². The Balaban J connectivity index is 1.13. The Labute approximate surface area is 181 Å². The molecule has 1 aromatic carbocycles. The molecule has 162 valence electrons. The number of thioether (sulfide) groups is 1. The van der Waals surface area contributed by atoms with Gasteiger partial charge in [-0.05, 0) is 43.4 Å². The van der Waals surface area contributed by atoms with Crippen LogP contribution in [0.25, 0.3) is 0 Å². The molecule has 4 aliphatic rings. The molecule has 3 N–H and O–H groups in total. The molecule has 3 fully saturated rings. The van der Waals surface area contributed by atoms with Gasteiger partial charge in [0.25, 0.3) is 0 Å². The molecule has 1 aliphatic carbocycles. The maximum Gasteiger partial charge on any atom is 0.315 e. The summed E-state index contributed by atoms with van der Waals surface area (Å²) in [6.45, 7) is 0.263. The van der Waals surface area contributed by atoms with Crippen LogP contribution in [0.15, 0.2) is 18.2 Å². The van der Waals surface area contributed by atoms with E-state index in [0.717, 1.165) is 67.8 Å². The van der Waals surface area contributed by atoms with Gasteiger partial charge >= 0.3 is 6.03 Å². The number of amides is 3. The van der Waals surface area contributed by atoms with Gasteiger partial charge < -0.3 is 25.4 Å². The summed E-state index contributed by atoms with van der Waals surface area (Å²) in [7, 11) is 0. The summed E-state index contributed by atoms with van der Waals surface area (Å²) in [6.07, 6.45) is 7.63. The topological polar surface area (TPSA) is 88.7 Å². The number of carbonyl (C=O) groups is 2. The van der Waals surface area contributed by atoms with E-state index in [4.69, 9.17) is 9.47 Å². The quantitative estimate of drug-likeness (QED) is 0.456. The molecule has 30 heavy (non-hydrogen) atoms. The van der Waals surface area contributed by atoms with Gasteiger partial charge in [-0.3, -0.25) is 4.79 Å². The van der Waals surface area contributed by atoms with Crippen LogP contribution in [0.2, 0.25) is 0 Å². The Morgan fingerprint density at radius 1 is 1.17 bits per heavy atom. The zero-order chi connectivity index (χ0) is 20.6. The Kier molecular flexibility index (Phi) is 5.43. The molecular weight excluding hydrogens is 402 g/mol. The Morgan fingerprint density at radius 3 is 2.87 bits per heavy atom. The van der Waals surface area contributed by atoms with Crippen LogP contribution in [0.4, 0.5) is 4.79 Å². The zero-order valence-electron chi connectivity index (χ0n) is 17.1. The molecule has 0 spiro atoms. The molecule has 0 bridgehead atoms. The van der Waals surface area contributed by atoms with E-state index in [2.05, 4.69) is 22.0 Å². The fraction of sp³-hybridized carbons (Fsp3) is 0.636. The fourth-order valence-corrected chi connectivity index (χ4v) is 6.81. The number of fused-ring (bicyclic) bond motifs is 2. The summed E-state index contributed by atoms with van der Waals surface area (Å²) >= 11 is 1.93. The second-order valence-corrected chi connectivity index (χ2v) is 10.0. The summed E-state index contributed by atoms with van der Waals surface area (Å²) in [5, 5.41) is 9.83. The van der Waals surface area contributed by atoms with E-state index in [9.17, 15) is 9.59 Å². The van der Waals surface area contributed by atoms with Gasteiger partial charge in [-0.1, -0.05) is 25.3 Å². The highest BCUT2D eigenvalue weighted by molar-refractivity contribution is 8.00. The predicted octanol–water partition coefficient (Wildman–Crippen LogP) is 3.03. The van der Waals surface area contributed by atoms with E-state index in [0.29, 0.717) is 11.7 Å². The first kappa shape index (κ1) is 19.8. The molecule has 0 unspecified atom stereocenters. The first-order valence-electron chi connectivity index (χ1n) is 11.0. The van der Waals surface area contributed by atoms with Crippen LogP contribution in [0.3, 0.4) is 0 Å². The molecule has 3 heterocycles. The third-order valence-electron chi connectivity index (χ3n) is 6.84. The summed E-state index contributed by atoms with van der Waals surface area (Å²) in [5.41, 5.74) is 0.835. The molecule has 3 atom stereocenters. The molecule has 8 heteroatoms. The van der Waals surface area contributed by atoms with Crippen LogP contribution < -0.4 is 25.4 Å². The molecule has 3 aliphatic heterocycles. The molecule has 2 saturated heterocycles. The maximum absolute atomic E-state index is 12.8. The predicted molar refractivity (Wildman–Crippen MR) is 115 cm³/mol. The first-order chi connectivity index (χ1) is 14.6. The number of benzene rings is 1. The highest BCUT2D eigenvalue weighted by Crippen LogP contribution is 2.43. The van der Waals surface area contributed by atoms with Gasteiger partial charge in [0, 0.05) is 17.4 Å². The molecule has 1 saturated carbocycles. The molecule has 1 aromatic rings. The van der Waals surface area contributed by atoms with Crippen molar-refractivity contribution in [2.75, 3.05) is 12.5 Å². The van der Waals surface area contributed by atoms with E-state index in [1.54, 1.807) is 0 Å². The monoisotopic (exact) mass is 431 g/mol. The smallest absolute Gasteiger partial charge is 0.315 e. The van der Waals surface area contributed by atoms with Gasteiger partial charge in [0.15, 0.2) is 11.5 Å². The number of hydrogen-bond acceptors (Lipinski definition) is 5. The van der Waals surface area contributed by atoms with E-state index in [1.807, 2.05) is 23.9 Å². The van der Waals surface area contributed by atoms with Gasteiger partial charge in [0.1, 0.15) is 0 Å². The highest BCUT2D eigenvalue weighted by atomic mass is 32.2. The molecule has 3 amide bonds. The normalized spacial score (nSPS) is 28.1. The molecular formula is C22H29N3O4S. The van der Waals surface area contributed by atoms with Crippen LogP contribution in [0.5, 0.6) is 11.5 Å². The fourth-order valence-electron chi connectivity index (χ4n) is 5.26. The van der Waals surface area contributed by atoms with Crippen molar-refractivity contribution < 1.29 is 19.1 Å². The Bertz CT molecular complexity index is 827. The number of ether oxygens (including phenoxy) is 2. The largest absolute Gasteiger partial charge is 0.454 e. The highest BCUT2D eigenvalue weighted by Gasteiger charge is 2.42. The maximum atomic E-state index is 12.8. The molecule has 0 radical (unpaired) electrons. The third kappa shape index (κ3) is 3.82. The number of carbonyl (C=O) groups excluding carboxylic acids is 2. The van der Waals surface area contributed by atoms with E-state index in [1.165, 1.54) is 0 Å². The Morgan fingerprint density at radius 2 is 2.00 bits per heavy atom. The second-order valence-electron chi connectivity index (χ2n) is 8.77. The van der Waals surface area contributed by atoms with Crippen molar-refractivity contribution in [1.29, 1.82) is 0 Å². The van der Waals surface area contributed by atoms with Crippen molar-refractivity contribution in [3.05, 3.63) is 23.8 Å². The van der Waals surface area contributed by atoms with Crippen molar-refractivity contribution in [2.45, 2.75) is 74.2 Å². The lowest BCUT2D eigenvalue weighted by Gasteiger charge is -2.31. The number of urea groups is 1. The minimum absolute atomic E-state index is 0.0416. The van der Waals surface area contributed by atoms with Gasteiger partial charge in [0.05, 0.1) is 17.6 Å². The average molecular weight is 432 g/mol. The number of nitrogens with one attached hydrogen (secondary N) is 3. The van der Waals surface area contributed by atoms with Gasteiger partial charge in [-0.15, -0.1) is 0 Å². The Hall–Kier alpha value is -2.09. The lowest BCUT2D eigenvalue weighted by Crippen LogP contribution is -2.43. The van der Waals surface area contributed by atoms with E-state index < -0.39 is 0 Å². The second kappa shape index (κ2) is 8.21. The van der Waals surface area contributed by atoms with Crippen LogP contribution in [0, 0.1) is 0 Å². The SMILES string of the molecule is O=C(CCCC[C@@H]1SC[C@H]2NC(=O)N[C@H]12)NC1(c2ccc3c(c2)OCO3)CCCC1. The minimum atomic E-state index is -0.285. The van der Waals surface area contributed by atoms with Crippen LogP contribution in [0.1, 0.15) is 56.9 Å². The molecule has 5 rings (SSSR count). The van der Waals surface area contributed by atoms with Crippen LogP contribution in [-0.4, -0.2) is 41.8 Å². The van der Waals surface area contributed by atoms with Crippen molar-refractivity contribution in [1.82, 2.24) is 16.0 Å². The van der Waals surface area contributed by atoms with Crippen LogP contribution in [-0.2, 0) is 10.3 Å². The standard InChI is InChI=1S/C22H29N3O4S/c26-19(6-2-1-5-18-20-15(12-30-18)23-21(27)24-20)25-22(9-3-4-10-22)14-7-8-16-17(11-14)29-13-28-16/h7-8,11,15,18,20H,1-6,9-10,12-13H2,(H,25,26)(H2,23,24,27)/t15-,18+,20+/m1/s1. The number of rotatable bonds is 7. The summed E-state index contributed by atoms with van der Waals surface area (Å²) in [5.74, 6) is 2.65. The third-order valence-corrected chi connectivity index (χ3v) is 8.35. The van der Waals surface area contributed by atoms with E-state index >= 15 is 0 Å². The average Bonchev–Trinajstić information content (AvgIpc) is 3.50. The van der Waals surface area contributed by atoms with Gasteiger partial charge in [-0.2, -0.15) is 11.8 Å². The van der Waals surface area contributed by atoms with Gasteiger partial charge in [-0.25, -0.2) is 4.79 Å². The van der Waals surface area contributed by atoms with E-state index in [-0.39, 0.29) is 36.4 Å². The summed E-state index contributed by atoms with van der Waals surface area (Å²) in [6, 6.07) is 6.51. The molecule has 0 aromatic heterocycles. The lowest BCUT2D eigenvalue weighted by atomic mass is 9.87. The number of hydrogen-bond donors (Lipinski definition) is 3. The zero-order valence-corrected chi connectivity index (χ0v) is 17.9. The molecule has 7 nitrogen and oxygen atoms in total. The summed E-state index contributed by atoms with van der Waals surface area (Å²) in [4.78, 5) is 24.3. The minimum Gasteiger partial charge on any atom is -0.454 e. The van der Waals surface area contributed by atoms with Crippen LogP contribution >= 0.6 is 11.8 Å². The first-order valence-corrected chi connectivity index (χ1v) is 12.1. The van der Waals surface area contributed by atoms with Crippen molar-refractivity contribution in [3.8, 4) is 11.5 Å². The lowest BCUT2D eigenvalue weighted by molar-refractivity contribution is -0.123. The van der Waals surface area contributed by atoms with Gasteiger partial charge in [0.2, 0.25) is 12.7 Å². The van der Waals surface area contributed by atoms with Crippen molar-refractivity contribution >= 4 is 23.7 Å². The number of unbranched alkanes of at least 4 members (excludes halogenated alkanes) is 1. The van der Waals surface area contributed by atoms with Crippen molar-refractivity contribution in [3.63, 3.8) is 0 Å².